The molecule has 0 radical (unpaired) electrons. The lowest BCUT2D eigenvalue weighted by Crippen LogP contribution is -2.01. The molecule has 10 heavy (non-hydrogen) atoms. The minimum Gasteiger partial charge on any atom is -0.396 e. The van der Waals surface area contributed by atoms with Gasteiger partial charge in [-0.2, -0.15) is 0 Å². The van der Waals surface area contributed by atoms with Gasteiger partial charge in [-0.1, -0.05) is 39.5 Å². The van der Waals surface area contributed by atoms with Gasteiger partial charge < -0.3 is 5.11 Å². The van der Waals surface area contributed by atoms with E-state index in [-0.39, 0.29) is 6.61 Å². The Morgan fingerprint density at radius 2 is 2.30 bits per heavy atom. The first-order valence-electron chi connectivity index (χ1n) is 5.60. The molecular weight excluding hydrogens is 124 g/mol. The van der Waals surface area contributed by atoms with Crippen molar-refractivity contribution in [1.29, 1.82) is 0 Å². The number of rotatable bonds is 6. The maximum absolute atomic E-state index is 8.72. The second-order valence-corrected chi connectivity index (χ2v) is 2.68. The second kappa shape index (κ2) is 7.07. The Morgan fingerprint density at radius 3 is 2.80 bits per heavy atom. The zero-order chi connectivity index (χ0) is 10.3. The highest BCUT2D eigenvalue weighted by molar-refractivity contribution is 4.55. The smallest absolute Gasteiger partial charge is 0.0433 e. The molecule has 0 aromatic carbocycles. The fourth-order valence-corrected chi connectivity index (χ4v) is 1.13. The first-order valence-corrected chi connectivity index (χ1v) is 4.10. The highest BCUT2D eigenvalue weighted by Crippen LogP contribution is 2.15. The van der Waals surface area contributed by atoms with Crippen molar-refractivity contribution in [2.45, 2.75) is 45.9 Å². The van der Waals surface area contributed by atoms with Crippen LogP contribution in [-0.4, -0.2) is 11.7 Å². The van der Waals surface area contributed by atoms with Gasteiger partial charge in [0.2, 0.25) is 0 Å². The number of hydrogen-bond donors (Lipinski definition) is 1. The third kappa shape index (κ3) is 4.80. The Kier molecular flexibility index (Phi) is 3.95. The van der Waals surface area contributed by atoms with Gasteiger partial charge in [-0.3, -0.25) is 0 Å². The van der Waals surface area contributed by atoms with E-state index in [1.165, 1.54) is 0 Å². The van der Waals surface area contributed by atoms with E-state index in [0.29, 0.717) is 12.3 Å². The molecule has 0 aromatic heterocycles. The van der Waals surface area contributed by atoms with Crippen LogP contribution in [0.3, 0.4) is 0 Å². The van der Waals surface area contributed by atoms with E-state index < -0.39 is 6.85 Å². The summed E-state index contributed by atoms with van der Waals surface area (Å²) in [6.45, 7) is 0.513. The molecule has 0 aliphatic carbocycles. The van der Waals surface area contributed by atoms with Crippen LogP contribution in [0.25, 0.3) is 0 Å². The summed E-state index contributed by atoms with van der Waals surface area (Å²) >= 11 is 0. The second-order valence-electron chi connectivity index (χ2n) is 2.68. The van der Waals surface area contributed by atoms with Crippen molar-refractivity contribution < 1.29 is 9.22 Å². The topological polar surface area (TPSA) is 20.2 Å². The summed E-state index contributed by atoms with van der Waals surface area (Å²) in [6, 6.07) is 0. The summed E-state index contributed by atoms with van der Waals surface area (Å²) in [4.78, 5) is 0. The van der Waals surface area contributed by atoms with Crippen LogP contribution >= 0.6 is 0 Å². The zero-order valence-electron chi connectivity index (χ0n) is 9.77. The molecule has 0 amide bonds. The maximum atomic E-state index is 8.72. The van der Waals surface area contributed by atoms with E-state index in [9.17, 15) is 0 Å². The van der Waals surface area contributed by atoms with Crippen LogP contribution in [0, 0.1) is 5.92 Å². The van der Waals surface area contributed by atoms with Gasteiger partial charge in [0.05, 0.1) is 0 Å². The largest absolute Gasteiger partial charge is 0.396 e. The summed E-state index contributed by atoms with van der Waals surface area (Å²) in [5, 5.41) is 8.72. The van der Waals surface area contributed by atoms with Gasteiger partial charge in [0.25, 0.3) is 0 Å². The highest BCUT2D eigenvalue weighted by Gasteiger charge is 2.03. The molecule has 1 heteroatoms. The SMILES string of the molecule is [2H]C([2H])([2H])CCC[C@H](CC)CCO. The van der Waals surface area contributed by atoms with Gasteiger partial charge in [0.15, 0.2) is 0 Å². The molecule has 0 heterocycles. The van der Waals surface area contributed by atoms with Crippen LogP contribution in [-0.2, 0) is 0 Å². The number of hydrogen-bond acceptors (Lipinski definition) is 1. The summed E-state index contributed by atoms with van der Waals surface area (Å²) in [5.74, 6) is 0.493. The van der Waals surface area contributed by atoms with Crippen molar-refractivity contribution in [2.24, 2.45) is 5.92 Å². The average Bonchev–Trinajstić information content (AvgIpc) is 2.01. The Labute approximate surface area is 68.7 Å². The van der Waals surface area contributed by atoms with Crippen molar-refractivity contribution >= 4 is 0 Å². The molecule has 62 valence electrons. The zero-order valence-corrected chi connectivity index (χ0v) is 6.77. The monoisotopic (exact) mass is 147 g/mol. The van der Waals surface area contributed by atoms with Crippen LogP contribution < -0.4 is 0 Å². The van der Waals surface area contributed by atoms with Gasteiger partial charge in [0.1, 0.15) is 0 Å². The minimum atomic E-state index is -1.78. The first-order chi connectivity index (χ1) is 5.99. The molecule has 0 spiro atoms. The quantitative estimate of drug-likeness (QED) is 0.612. The predicted molar refractivity (Wildman–Crippen MR) is 45.0 cm³/mol. The van der Waals surface area contributed by atoms with Crippen molar-refractivity contribution in [3.63, 3.8) is 0 Å². The summed E-state index contributed by atoms with van der Waals surface area (Å²) in [5.41, 5.74) is 0. The molecule has 1 atom stereocenters. The van der Waals surface area contributed by atoms with Crippen LogP contribution in [0.15, 0.2) is 0 Å². The van der Waals surface area contributed by atoms with Crippen LogP contribution in [0.2, 0.25) is 0 Å². The normalized spacial score (nSPS) is 19.2. The van der Waals surface area contributed by atoms with Crippen molar-refractivity contribution in [3.05, 3.63) is 0 Å². The highest BCUT2D eigenvalue weighted by atomic mass is 16.3. The Bertz CT molecular complexity index is 123. The van der Waals surface area contributed by atoms with Crippen LogP contribution in [0.1, 0.15) is 50.0 Å². The standard InChI is InChI=1S/C9H20O/c1-3-5-6-9(4-2)7-8-10/h9-10H,3-8H2,1-2H3/t9-/m0/s1/i1D3. The van der Waals surface area contributed by atoms with E-state index in [1.54, 1.807) is 0 Å². The van der Waals surface area contributed by atoms with E-state index in [0.717, 1.165) is 25.7 Å². The molecule has 0 rings (SSSR count). The van der Waals surface area contributed by atoms with E-state index >= 15 is 0 Å². The molecule has 0 fully saturated rings. The minimum absolute atomic E-state index is 0.215. The molecule has 1 N–H and O–H groups in total. The molecule has 1 nitrogen and oxygen atoms in total. The lowest BCUT2D eigenvalue weighted by Gasteiger charge is -2.11. The van der Waals surface area contributed by atoms with Gasteiger partial charge in [0, 0.05) is 10.7 Å². The lowest BCUT2D eigenvalue weighted by molar-refractivity contribution is 0.247. The van der Waals surface area contributed by atoms with Crippen molar-refractivity contribution in [3.8, 4) is 0 Å². The summed E-state index contributed by atoms with van der Waals surface area (Å²) in [6.07, 6.45) is 3.80. The van der Waals surface area contributed by atoms with E-state index in [4.69, 9.17) is 9.22 Å². The molecule has 0 aromatic rings. The fourth-order valence-electron chi connectivity index (χ4n) is 1.13. The molecule has 0 aliphatic rings. The molecule has 0 aliphatic heterocycles. The lowest BCUT2D eigenvalue weighted by atomic mass is 9.96. The molecule has 0 saturated carbocycles. The third-order valence-corrected chi connectivity index (χ3v) is 1.90. The first kappa shape index (κ1) is 5.59. The Hall–Kier alpha value is -0.0400. The van der Waals surface area contributed by atoms with E-state index in [1.807, 2.05) is 0 Å². The predicted octanol–water partition coefficient (Wildman–Crippen LogP) is 2.59. The summed E-state index contributed by atoms with van der Waals surface area (Å²) < 4.78 is 21.1. The van der Waals surface area contributed by atoms with Crippen molar-refractivity contribution in [1.82, 2.24) is 0 Å². The van der Waals surface area contributed by atoms with Gasteiger partial charge >= 0.3 is 0 Å². The van der Waals surface area contributed by atoms with E-state index in [2.05, 4.69) is 6.92 Å². The number of aliphatic hydroxyl groups excluding tert-OH is 1. The van der Waals surface area contributed by atoms with Gasteiger partial charge in [-0.15, -0.1) is 0 Å². The summed E-state index contributed by atoms with van der Waals surface area (Å²) in [7, 11) is 0. The Balaban J connectivity index is 3.49. The van der Waals surface area contributed by atoms with Crippen LogP contribution in [0.5, 0.6) is 0 Å². The average molecular weight is 147 g/mol. The Morgan fingerprint density at radius 1 is 1.50 bits per heavy atom. The molecule has 0 bridgehead atoms. The molecule has 0 saturated heterocycles. The number of aliphatic hydroxyl groups is 1. The van der Waals surface area contributed by atoms with Crippen LogP contribution in [0.4, 0.5) is 0 Å². The molecular formula is C9H20O. The fraction of sp³-hybridized carbons (Fsp3) is 1.00. The third-order valence-electron chi connectivity index (χ3n) is 1.90. The maximum Gasteiger partial charge on any atom is 0.0433 e. The van der Waals surface area contributed by atoms with Crippen molar-refractivity contribution in [2.75, 3.05) is 6.61 Å². The van der Waals surface area contributed by atoms with Gasteiger partial charge in [-0.05, 0) is 12.3 Å². The molecule has 0 unspecified atom stereocenters. The van der Waals surface area contributed by atoms with Gasteiger partial charge in [-0.25, -0.2) is 0 Å².